The molecule has 2 aliphatic heterocycles. The third kappa shape index (κ3) is 2.50. The molecule has 1 aromatic rings. The molecular weight excluding hydrogens is 256 g/mol. The maximum Gasteiger partial charge on any atom is 0.0480 e. The first kappa shape index (κ1) is 13.0. The van der Waals surface area contributed by atoms with E-state index in [0.29, 0.717) is 0 Å². The number of hydrogen-bond acceptors (Lipinski definition) is 1. The molecule has 18 heavy (non-hydrogen) atoms. The molecule has 3 rings (SSSR count). The van der Waals surface area contributed by atoms with Crippen molar-refractivity contribution in [3.8, 4) is 0 Å². The maximum absolute atomic E-state index is 5.07. The number of hydrogen-bond donors (Lipinski definition) is 0. The Morgan fingerprint density at radius 1 is 0.944 bits per heavy atom. The molecule has 0 N–H and O–H groups in total. The SMILES string of the molecule is C[P@]1CCC[C@@H]1c1cccc([C@H]2CCC[P@@]2C)n1. The lowest BCUT2D eigenvalue weighted by molar-refractivity contribution is 0.767. The molecule has 0 amide bonds. The van der Waals surface area contributed by atoms with Crippen LogP contribution in [0.4, 0.5) is 0 Å². The van der Waals surface area contributed by atoms with Crippen LogP contribution in [0.2, 0.25) is 0 Å². The molecule has 2 saturated heterocycles. The molecule has 0 bridgehead atoms. The summed E-state index contributed by atoms with van der Waals surface area (Å²) >= 11 is 0. The van der Waals surface area contributed by atoms with Gasteiger partial charge in [-0.1, -0.05) is 6.07 Å². The highest BCUT2D eigenvalue weighted by Crippen LogP contribution is 2.58. The van der Waals surface area contributed by atoms with Gasteiger partial charge in [0.15, 0.2) is 0 Å². The molecule has 98 valence electrons. The zero-order valence-electron chi connectivity index (χ0n) is 11.5. The second-order valence-corrected chi connectivity index (χ2v) is 10.9. The molecule has 4 atom stereocenters. The molecule has 1 nitrogen and oxygen atoms in total. The zero-order valence-corrected chi connectivity index (χ0v) is 13.3. The van der Waals surface area contributed by atoms with Gasteiger partial charge in [-0.05, 0) is 63.5 Å². The Bertz CT molecular complexity index is 385. The van der Waals surface area contributed by atoms with Crippen molar-refractivity contribution in [2.75, 3.05) is 25.7 Å². The van der Waals surface area contributed by atoms with E-state index in [1.54, 1.807) is 0 Å². The Morgan fingerprint density at radius 3 is 1.83 bits per heavy atom. The van der Waals surface area contributed by atoms with Crippen LogP contribution in [0.3, 0.4) is 0 Å². The van der Waals surface area contributed by atoms with Crippen LogP contribution < -0.4 is 0 Å². The highest BCUT2D eigenvalue weighted by atomic mass is 31.1. The lowest BCUT2D eigenvalue weighted by atomic mass is 10.1. The van der Waals surface area contributed by atoms with Crippen LogP contribution in [-0.4, -0.2) is 30.6 Å². The van der Waals surface area contributed by atoms with Crippen molar-refractivity contribution in [1.29, 1.82) is 0 Å². The van der Waals surface area contributed by atoms with E-state index >= 15 is 0 Å². The van der Waals surface area contributed by atoms with Crippen molar-refractivity contribution in [3.63, 3.8) is 0 Å². The molecular formula is C15H23NP2. The van der Waals surface area contributed by atoms with Crippen molar-refractivity contribution in [1.82, 2.24) is 4.98 Å². The quantitative estimate of drug-likeness (QED) is 0.696. The summed E-state index contributed by atoms with van der Waals surface area (Å²) in [6.45, 7) is 4.92. The standard InChI is InChI=1S/C15H23NP2/c1-17-10-4-8-14(17)12-6-3-7-13(16-12)15-9-5-11-18(15)2/h3,6-7,14-15H,4-5,8-11H2,1-2H3/t14-,15-,17-,18-/m1/s1. The van der Waals surface area contributed by atoms with Gasteiger partial charge >= 0.3 is 0 Å². The Hall–Kier alpha value is 0.01000. The smallest absolute Gasteiger partial charge is 0.0480 e. The van der Waals surface area contributed by atoms with Gasteiger partial charge in [0.1, 0.15) is 0 Å². The molecule has 0 unspecified atom stereocenters. The monoisotopic (exact) mass is 279 g/mol. The summed E-state index contributed by atoms with van der Waals surface area (Å²) in [7, 11) is 0.405. The summed E-state index contributed by atoms with van der Waals surface area (Å²) in [6.07, 6.45) is 8.51. The summed E-state index contributed by atoms with van der Waals surface area (Å²) in [5.41, 5.74) is 4.41. The van der Waals surface area contributed by atoms with Crippen LogP contribution in [0.1, 0.15) is 48.4 Å². The van der Waals surface area contributed by atoms with Crippen molar-refractivity contribution >= 4 is 15.8 Å². The first-order valence-corrected chi connectivity index (χ1v) is 11.2. The van der Waals surface area contributed by atoms with Crippen molar-refractivity contribution in [3.05, 3.63) is 29.6 Å². The Morgan fingerprint density at radius 2 is 1.44 bits per heavy atom. The van der Waals surface area contributed by atoms with E-state index in [4.69, 9.17) is 4.98 Å². The van der Waals surface area contributed by atoms with Gasteiger partial charge in [0, 0.05) is 22.7 Å². The molecule has 2 fully saturated rings. The van der Waals surface area contributed by atoms with E-state index in [1.807, 2.05) is 0 Å². The van der Waals surface area contributed by atoms with Crippen molar-refractivity contribution in [2.24, 2.45) is 0 Å². The number of rotatable bonds is 2. The summed E-state index contributed by atoms with van der Waals surface area (Å²) in [5, 5.41) is 0. The Labute approximate surface area is 113 Å². The summed E-state index contributed by atoms with van der Waals surface area (Å²) < 4.78 is 0. The maximum atomic E-state index is 5.07. The van der Waals surface area contributed by atoms with E-state index in [1.165, 1.54) is 49.4 Å². The third-order valence-corrected chi connectivity index (χ3v) is 9.73. The summed E-state index contributed by atoms with van der Waals surface area (Å²) in [5.74, 6) is 0. The van der Waals surface area contributed by atoms with E-state index in [-0.39, 0.29) is 15.8 Å². The zero-order chi connectivity index (χ0) is 12.5. The van der Waals surface area contributed by atoms with Crippen molar-refractivity contribution < 1.29 is 0 Å². The van der Waals surface area contributed by atoms with Crippen LogP contribution in [0.25, 0.3) is 0 Å². The van der Waals surface area contributed by atoms with Crippen LogP contribution >= 0.6 is 15.8 Å². The molecule has 0 radical (unpaired) electrons. The molecule has 0 saturated carbocycles. The normalized spacial score (nSPS) is 36.1. The molecule has 0 spiro atoms. The first-order valence-electron chi connectivity index (χ1n) is 7.13. The lowest BCUT2D eigenvalue weighted by Crippen LogP contribution is -2.01. The lowest BCUT2D eigenvalue weighted by Gasteiger charge is -2.19. The molecule has 0 aromatic carbocycles. The van der Waals surface area contributed by atoms with Gasteiger partial charge in [-0.2, -0.15) is 0 Å². The molecule has 3 heteroatoms. The number of aromatic nitrogens is 1. The van der Waals surface area contributed by atoms with Crippen LogP contribution in [0.5, 0.6) is 0 Å². The highest BCUT2D eigenvalue weighted by Gasteiger charge is 2.28. The largest absolute Gasteiger partial charge is 0.257 e. The fourth-order valence-corrected chi connectivity index (χ4v) is 7.83. The van der Waals surface area contributed by atoms with Crippen molar-refractivity contribution in [2.45, 2.75) is 37.0 Å². The third-order valence-electron chi connectivity index (χ3n) is 4.52. The van der Waals surface area contributed by atoms with E-state index < -0.39 is 0 Å². The minimum Gasteiger partial charge on any atom is -0.257 e. The van der Waals surface area contributed by atoms with Gasteiger partial charge in [-0.15, -0.1) is 15.8 Å². The molecule has 2 aliphatic rings. The van der Waals surface area contributed by atoms with E-state index in [0.717, 1.165) is 11.3 Å². The number of nitrogens with zero attached hydrogens (tertiary/aromatic N) is 1. The minimum absolute atomic E-state index is 0.202. The van der Waals surface area contributed by atoms with Crippen LogP contribution in [-0.2, 0) is 0 Å². The fraction of sp³-hybridized carbons (Fsp3) is 0.667. The van der Waals surface area contributed by atoms with Gasteiger partial charge in [0.25, 0.3) is 0 Å². The van der Waals surface area contributed by atoms with Gasteiger partial charge in [-0.3, -0.25) is 4.98 Å². The average Bonchev–Trinajstić information content (AvgIpc) is 2.98. The fourth-order valence-electron chi connectivity index (χ4n) is 3.41. The highest BCUT2D eigenvalue weighted by molar-refractivity contribution is 7.57. The minimum atomic E-state index is 0.202. The Balaban J connectivity index is 1.84. The number of pyridine rings is 1. The second-order valence-electron chi connectivity index (χ2n) is 5.76. The topological polar surface area (TPSA) is 12.9 Å². The predicted octanol–water partition coefficient (Wildman–Crippen LogP) is 4.97. The average molecular weight is 279 g/mol. The van der Waals surface area contributed by atoms with Gasteiger partial charge < -0.3 is 0 Å². The van der Waals surface area contributed by atoms with Gasteiger partial charge in [-0.25, -0.2) is 0 Å². The molecule has 3 heterocycles. The summed E-state index contributed by atoms with van der Waals surface area (Å²) in [4.78, 5) is 5.07. The van der Waals surface area contributed by atoms with Crippen LogP contribution in [0.15, 0.2) is 18.2 Å². The molecule has 0 aliphatic carbocycles. The molecule has 1 aromatic heterocycles. The second kappa shape index (κ2) is 5.56. The van der Waals surface area contributed by atoms with E-state index in [2.05, 4.69) is 31.5 Å². The first-order chi connectivity index (χ1) is 8.75. The van der Waals surface area contributed by atoms with Gasteiger partial charge in [0.05, 0.1) is 0 Å². The predicted molar refractivity (Wildman–Crippen MR) is 83.6 cm³/mol. The van der Waals surface area contributed by atoms with Crippen LogP contribution in [0, 0.1) is 0 Å². The summed E-state index contributed by atoms with van der Waals surface area (Å²) in [6, 6.07) is 6.83. The Kier molecular flexibility index (Phi) is 4.02. The van der Waals surface area contributed by atoms with Gasteiger partial charge in [0.2, 0.25) is 0 Å². The van der Waals surface area contributed by atoms with E-state index in [9.17, 15) is 0 Å².